The van der Waals surface area contributed by atoms with E-state index in [1.807, 2.05) is 0 Å². The maximum Gasteiger partial charge on any atom is 0.315 e. The molecule has 1 atom stereocenters. The molecule has 1 rings (SSSR count). The summed E-state index contributed by atoms with van der Waals surface area (Å²) in [4.78, 5) is 23.0. The van der Waals surface area contributed by atoms with Crippen LogP contribution in [0.5, 0.6) is 0 Å². The number of aliphatic hydroxyl groups is 1. The molecule has 1 aliphatic rings. The van der Waals surface area contributed by atoms with Crippen molar-refractivity contribution in [1.29, 1.82) is 0 Å². The molecule has 0 saturated heterocycles. The van der Waals surface area contributed by atoms with Crippen molar-refractivity contribution in [2.45, 2.75) is 64.0 Å². The number of hydrogen-bond acceptors (Lipinski definition) is 3. The van der Waals surface area contributed by atoms with Crippen LogP contribution in [0, 0.1) is 0 Å². The standard InChI is InChI=1S/C14H27N3O3/c1-11(18)10-16-13(19)8-5-9-15-14(20)17-12-6-3-2-4-7-12/h11-12,18H,2-10H2,1H3,(H,16,19)(H2,15,17,20). The highest BCUT2D eigenvalue weighted by molar-refractivity contribution is 5.76. The lowest BCUT2D eigenvalue weighted by Gasteiger charge is -2.22. The fraction of sp³-hybridized carbons (Fsp3) is 0.857. The van der Waals surface area contributed by atoms with Gasteiger partial charge in [-0.15, -0.1) is 0 Å². The molecule has 0 aromatic carbocycles. The van der Waals surface area contributed by atoms with E-state index in [1.165, 1.54) is 19.3 Å². The molecule has 3 amide bonds. The molecule has 0 aromatic heterocycles. The second kappa shape index (κ2) is 9.58. The van der Waals surface area contributed by atoms with Crippen LogP contribution in [0.3, 0.4) is 0 Å². The zero-order valence-electron chi connectivity index (χ0n) is 12.3. The maximum absolute atomic E-state index is 11.6. The van der Waals surface area contributed by atoms with E-state index in [4.69, 9.17) is 5.11 Å². The van der Waals surface area contributed by atoms with Gasteiger partial charge in [0.1, 0.15) is 0 Å². The lowest BCUT2D eigenvalue weighted by molar-refractivity contribution is -0.121. The number of carbonyl (C=O) groups excluding carboxylic acids is 2. The smallest absolute Gasteiger partial charge is 0.315 e. The fourth-order valence-electron chi connectivity index (χ4n) is 2.28. The SMILES string of the molecule is CC(O)CNC(=O)CCCNC(=O)NC1CCCCC1. The average molecular weight is 285 g/mol. The summed E-state index contributed by atoms with van der Waals surface area (Å²) in [6.07, 6.45) is 6.20. The normalized spacial score (nSPS) is 17.3. The third kappa shape index (κ3) is 7.99. The average Bonchev–Trinajstić information content (AvgIpc) is 2.42. The molecular weight excluding hydrogens is 258 g/mol. The number of urea groups is 1. The minimum absolute atomic E-state index is 0.0969. The Balaban J connectivity index is 1.99. The summed E-state index contributed by atoms with van der Waals surface area (Å²) in [5, 5.41) is 17.4. The third-order valence-corrected chi connectivity index (χ3v) is 3.40. The van der Waals surface area contributed by atoms with Gasteiger partial charge in [0.05, 0.1) is 6.10 Å². The minimum atomic E-state index is -0.529. The first-order valence-corrected chi connectivity index (χ1v) is 7.57. The Morgan fingerprint density at radius 2 is 1.90 bits per heavy atom. The zero-order chi connectivity index (χ0) is 14.8. The van der Waals surface area contributed by atoms with Crippen molar-refractivity contribution in [3.8, 4) is 0 Å². The molecule has 20 heavy (non-hydrogen) atoms. The summed E-state index contributed by atoms with van der Waals surface area (Å²) in [6, 6.07) is 0.166. The van der Waals surface area contributed by atoms with E-state index in [9.17, 15) is 9.59 Å². The van der Waals surface area contributed by atoms with Gasteiger partial charge < -0.3 is 21.1 Å². The highest BCUT2D eigenvalue weighted by Crippen LogP contribution is 2.17. The quantitative estimate of drug-likeness (QED) is 0.524. The van der Waals surface area contributed by atoms with Gasteiger partial charge >= 0.3 is 6.03 Å². The highest BCUT2D eigenvalue weighted by Gasteiger charge is 2.15. The molecule has 0 radical (unpaired) electrons. The van der Waals surface area contributed by atoms with E-state index in [2.05, 4.69) is 16.0 Å². The molecule has 0 spiro atoms. The summed E-state index contributed by atoms with van der Waals surface area (Å²) in [6.45, 7) is 2.38. The molecule has 4 N–H and O–H groups in total. The molecule has 1 aliphatic carbocycles. The molecule has 6 heteroatoms. The van der Waals surface area contributed by atoms with Crippen molar-refractivity contribution < 1.29 is 14.7 Å². The van der Waals surface area contributed by atoms with Crippen molar-refractivity contribution in [3.05, 3.63) is 0 Å². The van der Waals surface area contributed by atoms with Crippen molar-refractivity contribution in [2.24, 2.45) is 0 Å². The molecule has 1 fully saturated rings. The molecule has 0 aliphatic heterocycles. The highest BCUT2D eigenvalue weighted by atomic mass is 16.3. The van der Waals surface area contributed by atoms with Crippen molar-refractivity contribution in [1.82, 2.24) is 16.0 Å². The van der Waals surface area contributed by atoms with Crippen molar-refractivity contribution in [3.63, 3.8) is 0 Å². The van der Waals surface area contributed by atoms with Crippen LogP contribution in [-0.4, -0.2) is 42.3 Å². The van der Waals surface area contributed by atoms with Gasteiger partial charge in [0.2, 0.25) is 5.91 Å². The summed E-state index contributed by atoms with van der Waals surface area (Å²) in [5.41, 5.74) is 0. The lowest BCUT2D eigenvalue weighted by atomic mass is 9.96. The first-order chi connectivity index (χ1) is 9.58. The molecule has 116 valence electrons. The second-order valence-electron chi connectivity index (χ2n) is 5.49. The Morgan fingerprint density at radius 1 is 1.20 bits per heavy atom. The largest absolute Gasteiger partial charge is 0.392 e. The van der Waals surface area contributed by atoms with E-state index in [-0.39, 0.29) is 18.5 Å². The van der Waals surface area contributed by atoms with E-state index >= 15 is 0 Å². The summed E-state index contributed by atoms with van der Waals surface area (Å²) in [5.74, 6) is -0.0969. The van der Waals surface area contributed by atoms with Gasteiger partial charge in [0, 0.05) is 25.6 Å². The lowest BCUT2D eigenvalue weighted by Crippen LogP contribution is -2.43. The number of carbonyl (C=O) groups is 2. The molecule has 0 aromatic rings. The van der Waals surface area contributed by atoms with Gasteiger partial charge in [0.25, 0.3) is 0 Å². The van der Waals surface area contributed by atoms with E-state index in [0.717, 1.165) is 12.8 Å². The van der Waals surface area contributed by atoms with Crippen LogP contribution in [0.1, 0.15) is 51.9 Å². The van der Waals surface area contributed by atoms with Crippen molar-refractivity contribution >= 4 is 11.9 Å². The molecular formula is C14H27N3O3. The predicted octanol–water partition coefficient (Wildman–Crippen LogP) is 0.895. The van der Waals surface area contributed by atoms with Crippen LogP contribution in [-0.2, 0) is 4.79 Å². The number of nitrogens with one attached hydrogen (secondary N) is 3. The summed E-state index contributed by atoms with van der Waals surface area (Å²) >= 11 is 0. The van der Waals surface area contributed by atoms with Crippen LogP contribution >= 0.6 is 0 Å². The molecule has 0 heterocycles. The second-order valence-corrected chi connectivity index (χ2v) is 5.49. The Bertz CT molecular complexity index is 302. The van der Waals surface area contributed by atoms with Gasteiger partial charge in [-0.1, -0.05) is 19.3 Å². The Morgan fingerprint density at radius 3 is 2.55 bits per heavy atom. The third-order valence-electron chi connectivity index (χ3n) is 3.40. The first-order valence-electron chi connectivity index (χ1n) is 7.57. The zero-order valence-corrected chi connectivity index (χ0v) is 12.3. The fourth-order valence-corrected chi connectivity index (χ4v) is 2.28. The van der Waals surface area contributed by atoms with Gasteiger partial charge in [-0.25, -0.2) is 4.79 Å². The maximum atomic E-state index is 11.6. The number of hydrogen-bond donors (Lipinski definition) is 4. The van der Waals surface area contributed by atoms with Crippen molar-refractivity contribution in [2.75, 3.05) is 13.1 Å². The topological polar surface area (TPSA) is 90.5 Å². The Kier molecular flexibility index (Phi) is 8.02. The monoisotopic (exact) mass is 285 g/mol. The molecule has 0 bridgehead atoms. The number of amides is 3. The minimum Gasteiger partial charge on any atom is -0.392 e. The number of aliphatic hydroxyl groups excluding tert-OH is 1. The van der Waals surface area contributed by atoms with Gasteiger partial charge in [0.15, 0.2) is 0 Å². The summed E-state index contributed by atoms with van der Waals surface area (Å²) in [7, 11) is 0. The van der Waals surface area contributed by atoms with Crippen LogP contribution in [0.15, 0.2) is 0 Å². The van der Waals surface area contributed by atoms with Crippen LogP contribution in [0.4, 0.5) is 4.79 Å². The molecule has 6 nitrogen and oxygen atoms in total. The van der Waals surface area contributed by atoms with E-state index in [1.54, 1.807) is 6.92 Å². The van der Waals surface area contributed by atoms with Crippen LogP contribution in [0.2, 0.25) is 0 Å². The van der Waals surface area contributed by atoms with Crippen LogP contribution < -0.4 is 16.0 Å². The Labute approximate surface area is 120 Å². The van der Waals surface area contributed by atoms with E-state index in [0.29, 0.717) is 25.4 Å². The Hall–Kier alpha value is -1.30. The van der Waals surface area contributed by atoms with Gasteiger partial charge in [-0.05, 0) is 26.2 Å². The number of rotatable bonds is 7. The first kappa shape index (κ1) is 16.8. The van der Waals surface area contributed by atoms with Crippen LogP contribution in [0.25, 0.3) is 0 Å². The van der Waals surface area contributed by atoms with Gasteiger partial charge in [-0.3, -0.25) is 4.79 Å². The predicted molar refractivity (Wildman–Crippen MR) is 77.3 cm³/mol. The van der Waals surface area contributed by atoms with E-state index < -0.39 is 6.10 Å². The van der Waals surface area contributed by atoms with Gasteiger partial charge in [-0.2, -0.15) is 0 Å². The summed E-state index contributed by atoms with van der Waals surface area (Å²) < 4.78 is 0. The molecule has 1 unspecified atom stereocenters. The molecule has 1 saturated carbocycles.